The zero-order valence-corrected chi connectivity index (χ0v) is 24.1. The van der Waals surface area contributed by atoms with Gasteiger partial charge in [-0.15, -0.1) is 0 Å². The SMILES string of the molecule is CC(=O)Nc1ccc2c(c1)C(C)(C)C(=CC=C1CCCc3cc4ccc(=O)cc-4oc31)N2CCCCCCN=[N+]=[N-]. The van der Waals surface area contributed by atoms with Crippen LogP contribution in [0.3, 0.4) is 0 Å². The maximum Gasteiger partial charge on any atom is 0.221 e. The van der Waals surface area contributed by atoms with Gasteiger partial charge < -0.3 is 14.6 Å². The molecule has 2 aliphatic carbocycles. The van der Waals surface area contributed by atoms with Gasteiger partial charge in [-0.1, -0.05) is 37.9 Å². The number of hydrogen-bond donors (Lipinski definition) is 1. The Morgan fingerprint density at radius 1 is 1.10 bits per heavy atom. The summed E-state index contributed by atoms with van der Waals surface area (Å²) in [6.07, 6.45) is 11.3. The minimum absolute atomic E-state index is 0.0535. The lowest BCUT2D eigenvalue weighted by Gasteiger charge is -2.27. The van der Waals surface area contributed by atoms with Crippen molar-refractivity contribution < 1.29 is 9.21 Å². The molecule has 2 heterocycles. The van der Waals surface area contributed by atoms with E-state index in [-0.39, 0.29) is 16.8 Å². The van der Waals surface area contributed by atoms with Crippen LogP contribution in [0.1, 0.15) is 76.2 Å². The van der Waals surface area contributed by atoms with E-state index in [4.69, 9.17) is 9.95 Å². The highest BCUT2D eigenvalue weighted by Gasteiger charge is 2.40. The van der Waals surface area contributed by atoms with E-state index in [1.54, 1.807) is 12.1 Å². The van der Waals surface area contributed by atoms with Gasteiger partial charge in [0.2, 0.25) is 5.91 Å². The highest BCUT2D eigenvalue weighted by molar-refractivity contribution is 5.90. The average Bonchev–Trinajstić information content (AvgIpc) is 3.15. The fourth-order valence-electron chi connectivity index (χ4n) is 6.08. The molecule has 212 valence electrons. The number of aryl methyl sites for hydroxylation is 1. The summed E-state index contributed by atoms with van der Waals surface area (Å²) in [6, 6.07) is 13.3. The number of benzene rings is 2. The van der Waals surface area contributed by atoms with Gasteiger partial charge >= 0.3 is 0 Å². The van der Waals surface area contributed by atoms with Crippen molar-refractivity contribution in [3.8, 4) is 11.3 Å². The molecular weight excluding hydrogens is 514 g/mol. The first-order valence-corrected chi connectivity index (χ1v) is 14.5. The number of azide groups is 1. The molecule has 0 saturated carbocycles. The van der Waals surface area contributed by atoms with Crippen molar-refractivity contribution >= 4 is 22.9 Å². The second-order valence-corrected chi connectivity index (χ2v) is 11.5. The summed E-state index contributed by atoms with van der Waals surface area (Å²) in [7, 11) is 0. The van der Waals surface area contributed by atoms with Crippen LogP contribution in [0.25, 0.3) is 27.3 Å². The Labute approximate surface area is 240 Å². The van der Waals surface area contributed by atoms with Crippen LogP contribution in [0, 0.1) is 0 Å². The Morgan fingerprint density at radius 3 is 2.73 bits per heavy atom. The van der Waals surface area contributed by atoms with Gasteiger partial charge in [-0.2, -0.15) is 0 Å². The van der Waals surface area contributed by atoms with E-state index >= 15 is 0 Å². The molecule has 2 aliphatic heterocycles. The van der Waals surface area contributed by atoms with Crippen LogP contribution in [-0.2, 0) is 16.6 Å². The Balaban J connectivity index is 1.49. The third-order valence-corrected chi connectivity index (χ3v) is 8.11. The van der Waals surface area contributed by atoms with Crippen molar-refractivity contribution in [1.29, 1.82) is 0 Å². The van der Waals surface area contributed by atoms with Crippen molar-refractivity contribution in [3.05, 3.63) is 97.9 Å². The third kappa shape index (κ3) is 6.08. The summed E-state index contributed by atoms with van der Waals surface area (Å²) in [5.74, 6) is 1.41. The number of rotatable bonds is 9. The van der Waals surface area contributed by atoms with Gasteiger partial charge in [0.05, 0.1) is 0 Å². The second kappa shape index (κ2) is 12.1. The van der Waals surface area contributed by atoms with E-state index < -0.39 is 0 Å². The van der Waals surface area contributed by atoms with Gasteiger partial charge in [0.15, 0.2) is 5.43 Å². The fraction of sp³-hybridized carbons (Fsp3) is 0.394. The molecule has 41 heavy (non-hydrogen) atoms. The molecule has 1 aromatic rings. The summed E-state index contributed by atoms with van der Waals surface area (Å²) < 4.78 is 6.32. The predicted octanol–water partition coefficient (Wildman–Crippen LogP) is 7.98. The molecule has 0 radical (unpaired) electrons. The van der Waals surface area contributed by atoms with Crippen LogP contribution in [0.4, 0.5) is 11.4 Å². The molecule has 0 unspecified atom stereocenters. The van der Waals surface area contributed by atoms with Gasteiger partial charge in [-0.05, 0) is 96.8 Å². The van der Waals surface area contributed by atoms with E-state index in [9.17, 15) is 9.59 Å². The largest absolute Gasteiger partial charge is 0.456 e. The van der Waals surface area contributed by atoms with Crippen molar-refractivity contribution in [2.45, 2.75) is 71.1 Å². The number of carbonyl (C=O) groups is 1. The van der Waals surface area contributed by atoms with Crippen LogP contribution < -0.4 is 15.6 Å². The predicted molar refractivity (Wildman–Crippen MR) is 164 cm³/mol. The summed E-state index contributed by atoms with van der Waals surface area (Å²) >= 11 is 0. The van der Waals surface area contributed by atoms with Gasteiger partial charge in [0.1, 0.15) is 11.5 Å². The average molecular weight is 552 g/mol. The zero-order chi connectivity index (χ0) is 29.0. The Bertz CT molecular complexity index is 1590. The molecule has 0 aromatic heterocycles. The third-order valence-electron chi connectivity index (χ3n) is 8.11. The molecule has 0 fully saturated rings. The molecule has 4 aliphatic rings. The quantitative estimate of drug-likeness (QED) is 0.126. The summed E-state index contributed by atoms with van der Waals surface area (Å²) in [4.78, 5) is 29.0. The number of anilines is 2. The Kier molecular flexibility index (Phi) is 8.31. The van der Waals surface area contributed by atoms with Crippen molar-refractivity contribution in [1.82, 2.24) is 0 Å². The highest BCUT2D eigenvalue weighted by Crippen LogP contribution is 2.49. The number of amides is 1. The topological polar surface area (TPSA) is 111 Å². The summed E-state index contributed by atoms with van der Waals surface area (Å²) in [5, 5.41) is 6.58. The van der Waals surface area contributed by atoms with Gasteiger partial charge in [-0.3, -0.25) is 9.59 Å². The van der Waals surface area contributed by atoms with Gasteiger partial charge in [0.25, 0.3) is 0 Å². The second-order valence-electron chi connectivity index (χ2n) is 11.5. The maximum absolute atomic E-state index is 12.0. The fourth-order valence-corrected chi connectivity index (χ4v) is 6.08. The molecule has 8 heteroatoms. The lowest BCUT2D eigenvalue weighted by atomic mass is 9.83. The summed E-state index contributed by atoms with van der Waals surface area (Å²) in [5.41, 5.74) is 15.8. The molecule has 8 nitrogen and oxygen atoms in total. The smallest absolute Gasteiger partial charge is 0.221 e. The van der Waals surface area contributed by atoms with Crippen LogP contribution >= 0.6 is 0 Å². The van der Waals surface area contributed by atoms with Crippen molar-refractivity contribution in [3.63, 3.8) is 0 Å². The molecule has 0 bridgehead atoms. The molecule has 0 spiro atoms. The van der Waals surface area contributed by atoms with Crippen molar-refractivity contribution in [2.24, 2.45) is 5.11 Å². The molecule has 0 saturated heterocycles. The van der Waals surface area contributed by atoms with Crippen LogP contribution in [0.15, 0.2) is 74.6 Å². The van der Waals surface area contributed by atoms with Crippen LogP contribution in [0.2, 0.25) is 0 Å². The first kappa shape index (κ1) is 28.2. The number of nitrogens with one attached hydrogen (secondary N) is 1. The highest BCUT2D eigenvalue weighted by atomic mass is 16.3. The number of nitrogens with zero attached hydrogens (tertiary/aromatic N) is 4. The van der Waals surface area contributed by atoms with E-state index in [0.717, 1.165) is 79.8 Å². The van der Waals surface area contributed by atoms with Crippen LogP contribution in [0.5, 0.6) is 0 Å². The van der Waals surface area contributed by atoms with Crippen LogP contribution in [-0.4, -0.2) is 19.0 Å². The zero-order valence-electron chi connectivity index (χ0n) is 24.1. The maximum atomic E-state index is 12.0. The molecule has 1 aromatic carbocycles. The first-order valence-electron chi connectivity index (χ1n) is 14.5. The van der Waals surface area contributed by atoms with Gasteiger partial charge in [0, 0.05) is 59.0 Å². The number of hydrogen-bond acceptors (Lipinski definition) is 5. The molecule has 5 rings (SSSR count). The lowest BCUT2D eigenvalue weighted by Crippen LogP contribution is -2.27. The Morgan fingerprint density at radius 2 is 1.93 bits per heavy atom. The molecule has 1 amide bonds. The standard InChI is InChI=1S/C33H37N5O3/c1-22(39)36-26-13-15-29-28(20-26)33(2,3)31(38(29)18-7-5-4-6-17-35-37-34)16-12-23-9-8-10-25-19-24-11-14-27(40)21-30(24)41-32(23)25/h11-16,19-21H,4-10,17-18H2,1-3H3,(H,36,39). The normalized spacial score (nSPS) is 17.4. The monoisotopic (exact) mass is 551 g/mol. The number of unbranched alkanes of at least 4 members (excludes halogenated alkanes) is 3. The van der Waals surface area contributed by atoms with Crippen molar-refractivity contribution in [2.75, 3.05) is 23.3 Å². The number of fused-ring (bicyclic) bond motifs is 3. The minimum atomic E-state index is -0.280. The minimum Gasteiger partial charge on any atom is -0.456 e. The van der Waals surface area contributed by atoms with Gasteiger partial charge in [-0.25, -0.2) is 0 Å². The molecule has 1 N–H and O–H groups in total. The van der Waals surface area contributed by atoms with E-state index in [1.807, 2.05) is 12.1 Å². The van der Waals surface area contributed by atoms with E-state index in [1.165, 1.54) is 23.7 Å². The van der Waals surface area contributed by atoms with E-state index in [0.29, 0.717) is 12.3 Å². The molecular formula is C33H37N5O3. The Hall–Kier alpha value is -4.29. The summed E-state index contributed by atoms with van der Waals surface area (Å²) in [6.45, 7) is 7.40. The number of carbonyl (C=O) groups excluding carboxylic acids is 1. The molecule has 0 atom stereocenters. The number of allylic oxidation sites excluding steroid dienone is 4. The first-order chi connectivity index (χ1) is 19.8. The van der Waals surface area contributed by atoms with E-state index in [2.05, 4.69) is 64.4 Å². The lowest BCUT2D eigenvalue weighted by molar-refractivity contribution is -0.114.